The van der Waals surface area contributed by atoms with Gasteiger partial charge < -0.3 is 9.47 Å². The lowest BCUT2D eigenvalue weighted by atomic mass is 9.97. The van der Waals surface area contributed by atoms with Crippen molar-refractivity contribution in [1.29, 1.82) is 0 Å². The Morgan fingerprint density at radius 2 is 1.55 bits per heavy atom. The maximum atomic E-state index is 6.15. The molecule has 22 heavy (non-hydrogen) atoms. The van der Waals surface area contributed by atoms with Gasteiger partial charge in [-0.15, -0.1) is 0 Å². The van der Waals surface area contributed by atoms with E-state index >= 15 is 0 Å². The Kier molecular flexibility index (Phi) is 3.35. The molecule has 3 unspecified atom stereocenters. The molecule has 0 bridgehead atoms. The van der Waals surface area contributed by atoms with Crippen LogP contribution in [0, 0.1) is 0 Å². The van der Waals surface area contributed by atoms with E-state index in [0.29, 0.717) is 12.5 Å². The largest absolute Gasteiger partial charge is 0.481 e. The maximum absolute atomic E-state index is 6.15. The second-order valence-electron chi connectivity index (χ2n) is 5.38. The highest BCUT2D eigenvalue weighted by Crippen LogP contribution is 2.40. The van der Waals surface area contributed by atoms with Gasteiger partial charge >= 0.3 is 0 Å². The molecule has 4 rings (SSSR count). The van der Waals surface area contributed by atoms with Gasteiger partial charge in [-0.25, -0.2) is 9.98 Å². The first-order valence-corrected chi connectivity index (χ1v) is 7.39. The molecule has 0 amide bonds. The predicted molar refractivity (Wildman–Crippen MR) is 85.1 cm³/mol. The molecule has 0 radical (unpaired) electrons. The van der Waals surface area contributed by atoms with Gasteiger partial charge in [-0.05, 0) is 11.1 Å². The highest BCUT2D eigenvalue weighted by atomic mass is 16.5. The summed E-state index contributed by atoms with van der Waals surface area (Å²) >= 11 is 0. The minimum atomic E-state index is -0.125. The van der Waals surface area contributed by atoms with Crippen LogP contribution in [0.3, 0.4) is 0 Å². The zero-order chi connectivity index (χ0) is 14.8. The molecule has 2 aliphatic rings. The van der Waals surface area contributed by atoms with E-state index in [9.17, 15) is 0 Å². The van der Waals surface area contributed by atoms with E-state index in [0.717, 1.165) is 11.1 Å². The molecule has 2 aliphatic heterocycles. The minimum absolute atomic E-state index is 0.0469. The highest BCUT2D eigenvalue weighted by molar-refractivity contribution is 5.86. The molecule has 110 valence electrons. The fourth-order valence-electron chi connectivity index (χ4n) is 2.82. The molecule has 0 aliphatic carbocycles. The van der Waals surface area contributed by atoms with Crippen LogP contribution in [-0.4, -0.2) is 24.9 Å². The van der Waals surface area contributed by atoms with Crippen LogP contribution in [0.2, 0.25) is 0 Å². The van der Waals surface area contributed by atoms with Crippen molar-refractivity contribution in [3.8, 4) is 0 Å². The van der Waals surface area contributed by atoms with Gasteiger partial charge in [0.05, 0.1) is 0 Å². The standard InChI is InChI=1S/C18H16N2O2/c1-3-7-13(8-4-1)16-17(14-9-5-2-6-10-14)22-18(20-16)15-11-21-12-19-15/h1-10,12,15-17H,11H2. The molecule has 4 heteroatoms. The van der Waals surface area contributed by atoms with Crippen LogP contribution in [0.4, 0.5) is 0 Å². The average molecular weight is 292 g/mol. The topological polar surface area (TPSA) is 43.2 Å². The molecule has 0 N–H and O–H groups in total. The molecule has 3 atom stereocenters. The number of hydrogen-bond donors (Lipinski definition) is 0. The van der Waals surface area contributed by atoms with E-state index in [-0.39, 0.29) is 18.2 Å². The summed E-state index contributed by atoms with van der Waals surface area (Å²) in [4.78, 5) is 9.07. The Hall–Kier alpha value is -2.62. The van der Waals surface area contributed by atoms with Gasteiger partial charge in [-0.1, -0.05) is 60.7 Å². The van der Waals surface area contributed by atoms with Crippen LogP contribution in [0.1, 0.15) is 23.3 Å². The lowest BCUT2D eigenvalue weighted by molar-refractivity contribution is 0.186. The van der Waals surface area contributed by atoms with Crippen molar-refractivity contribution in [2.24, 2.45) is 9.98 Å². The quantitative estimate of drug-likeness (QED) is 0.871. The lowest BCUT2D eigenvalue weighted by Crippen LogP contribution is -2.21. The number of hydrogen-bond acceptors (Lipinski definition) is 4. The number of rotatable bonds is 3. The van der Waals surface area contributed by atoms with Gasteiger partial charge in [-0.3, -0.25) is 0 Å². The summed E-state index contributed by atoms with van der Waals surface area (Å²) in [5, 5.41) is 0. The van der Waals surface area contributed by atoms with Crippen LogP contribution in [0.5, 0.6) is 0 Å². The predicted octanol–water partition coefficient (Wildman–Crippen LogP) is 3.32. The Morgan fingerprint density at radius 1 is 0.864 bits per heavy atom. The highest BCUT2D eigenvalue weighted by Gasteiger charge is 2.37. The van der Waals surface area contributed by atoms with E-state index in [2.05, 4.69) is 29.3 Å². The minimum Gasteiger partial charge on any atom is -0.481 e. The van der Waals surface area contributed by atoms with Crippen LogP contribution >= 0.6 is 0 Å². The van der Waals surface area contributed by atoms with E-state index in [1.54, 1.807) is 0 Å². The first-order valence-electron chi connectivity index (χ1n) is 7.39. The SMILES string of the molecule is C1=NC(C2=NC(c3ccccc3)C(c3ccccc3)O2)CO1. The second kappa shape index (κ2) is 5.64. The van der Waals surface area contributed by atoms with E-state index in [4.69, 9.17) is 14.5 Å². The number of aliphatic imine (C=N–C) groups is 2. The monoisotopic (exact) mass is 292 g/mol. The van der Waals surface area contributed by atoms with Gasteiger partial charge in [0, 0.05) is 0 Å². The first-order chi connectivity index (χ1) is 10.9. The Morgan fingerprint density at radius 3 is 2.18 bits per heavy atom. The summed E-state index contributed by atoms with van der Waals surface area (Å²) in [6.07, 6.45) is 1.36. The summed E-state index contributed by atoms with van der Waals surface area (Å²) < 4.78 is 11.4. The molecule has 0 saturated carbocycles. The van der Waals surface area contributed by atoms with E-state index < -0.39 is 0 Å². The fourth-order valence-corrected chi connectivity index (χ4v) is 2.82. The van der Waals surface area contributed by atoms with Gasteiger partial charge in [-0.2, -0.15) is 0 Å². The third-order valence-electron chi connectivity index (χ3n) is 3.92. The molecule has 0 fully saturated rings. The summed E-state index contributed by atoms with van der Waals surface area (Å²) in [7, 11) is 0. The zero-order valence-electron chi connectivity index (χ0n) is 12.0. The number of benzene rings is 2. The van der Waals surface area contributed by atoms with Crippen molar-refractivity contribution >= 4 is 12.3 Å². The van der Waals surface area contributed by atoms with Gasteiger partial charge in [0.15, 0.2) is 18.5 Å². The number of nitrogens with zero attached hydrogens (tertiary/aromatic N) is 2. The van der Waals surface area contributed by atoms with Crippen LogP contribution in [0.15, 0.2) is 70.6 Å². The van der Waals surface area contributed by atoms with E-state index in [1.807, 2.05) is 36.4 Å². The van der Waals surface area contributed by atoms with Gasteiger partial charge in [0.2, 0.25) is 5.90 Å². The normalized spacial score (nSPS) is 26.4. The summed E-state index contributed by atoms with van der Waals surface area (Å²) in [6, 6.07) is 20.3. The van der Waals surface area contributed by atoms with Crippen LogP contribution < -0.4 is 0 Å². The van der Waals surface area contributed by atoms with E-state index in [1.165, 1.54) is 6.40 Å². The number of ether oxygens (including phenoxy) is 2. The average Bonchev–Trinajstić information content (AvgIpc) is 3.26. The summed E-state index contributed by atoms with van der Waals surface area (Å²) in [5.74, 6) is 0.663. The molecule has 0 aromatic heterocycles. The summed E-state index contributed by atoms with van der Waals surface area (Å²) in [6.45, 7) is 0.502. The van der Waals surface area contributed by atoms with Gasteiger partial charge in [0.25, 0.3) is 0 Å². The van der Waals surface area contributed by atoms with Crippen LogP contribution in [0.25, 0.3) is 0 Å². The van der Waals surface area contributed by atoms with Crippen molar-refractivity contribution in [2.45, 2.75) is 18.2 Å². The maximum Gasteiger partial charge on any atom is 0.214 e. The smallest absolute Gasteiger partial charge is 0.214 e. The third kappa shape index (κ3) is 2.37. The van der Waals surface area contributed by atoms with Crippen molar-refractivity contribution in [2.75, 3.05) is 6.61 Å². The molecular weight excluding hydrogens is 276 g/mol. The van der Waals surface area contributed by atoms with Crippen LogP contribution in [-0.2, 0) is 9.47 Å². The third-order valence-corrected chi connectivity index (χ3v) is 3.92. The Labute approximate surface area is 129 Å². The molecule has 2 aromatic carbocycles. The lowest BCUT2D eigenvalue weighted by Gasteiger charge is -2.18. The molecule has 0 saturated heterocycles. The van der Waals surface area contributed by atoms with Crippen molar-refractivity contribution in [3.05, 3.63) is 71.8 Å². The zero-order valence-corrected chi connectivity index (χ0v) is 12.0. The van der Waals surface area contributed by atoms with Crippen molar-refractivity contribution in [1.82, 2.24) is 0 Å². The molecule has 4 nitrogen and oxygen atoms in total. The Bertz CT molecular complexity index is 698. The molecule has 0 spiro atoms. The van der Waals surface area contributed by atoms with Gasteiger partial charge in [0.1, 0.15) is 12.6 Å². The Balaban J connectivity index is 1.70. The van der Waals surface area contributed by atoms with Crippen molar-refractivity contribution in [3.63, 3.8) is 0 Å². The first kappa shape index (κ1) is 13.1. The molecule has 2 aromatic rings. The van der Waals surface area contributed by atoms with Crippen molar-refractivity contribution < 1.29 is 9.47 Å². The fraction of sp³-hybridized carbons (Fsp3) is 0.222. The molecular formula is C18H16N2O2. The second-order valence-corrected chi connectivity index (χ2v) is 5.38. The molecule has 2 heterocycles. The summed E-state index contributed by atoms with van der Waals surface area (Å²) in [5.41, 5.74) is 2.27.